The first-order chi connectivity index (χ1) is 15.7. The van der Waals surface area contributed by atoms with Gasteiger partial charge >= 0.3 is 12.1 Å². The molecule has 174 valence electrons. The van der Waals surface area contributed by atoms with Crippen molar-refractivity contribution < 1.29 is 41.7 Å². The smallest absolute Gasteiger partial charge is 0.452 e. The van der Waals surface area contributed by atoms with Crippen LogP contribution >= 0.6 is 0 Å². The lowest BCUT2D eigenvalue weighted by Gasteiger charge is -2.24. The van der Waals surface area contributed by atoms with Gasteiger partial charge in [-0.1, -0.05) is 12.1 Å². The summed E-state index contributed by atoms with van der Waals surface area (Å²) in [5.74, 6) is -3.33. The van der Waals surface area contributed by atoms with Gasteiger partial charge in [0, 0.05) is 11.1 Å². The van der Waals surface area contributed by atoms with Crippen LogP contribution in [0, 0.1) is 5.82 Å². The average Bonchev–Trinajstić information content (AvgIpc) is 3.16. The monoisotopic (exact) mass is 467 g/mol. The van der Waals surface area contributed by atoms with E-state index in [2.05, 4.69) is 10.2 Å². The summed E-state index contributed by atoms with van der Waals surface area (Å²) in [6.45, 7) is 0. The lowest BCUT2D eigenvalue weighted by molar-refractivity contribution is -0.146. The van der Waals surface area contributed by atoms with E-state index in [-0.39, 0.29) is 22.8 Å². The van der Waals surface area contributed by atoms with Crippen LogP contribution in [-0.2, 0) is 15.7 Å². The summed E-state index contributed by atoms with van der Waals surface area (Å²) >= 11 is 0. The van der Waals surface area contributed by atoms with Crippen molar-refractivity contribution in [1.29, 1.82) is 0 Å². The van der Waals surface area contributed by atoms with Gasteiger partial charge in [0.15, 0.2) is 17.3 Å². The second-order valence-corrected chi connectivity index (χ2v) is 7.10. The second kappa shape index (κ2) is 8.35. The Bertz CT molecular complexity index is 1210. The Hall–Kier alpha value is -3.67. The van der Waals surface area contributed by atoms with Crippen molar-refractivity contribution in [2.24, 2.45) is 0 Å². The summed E-state index contributed by atoms with van der Waals surface area (Å²) in [5, 5.41) is 16.2. The van der Waals surface area contributed by atoms with Crippen molar-refractivity contribution in [2.45, 2.75) is 24.8 Å². The van der Waals surface area contributed by atoms with Crippen LogP contribution in [0.5, 0.6) is 11.5 Å². The van der Waals surface area contributed by atoms with Gasteiger partial charge in [-0.15, -0.1) is 10.2 Å². The molecular formula is C21H17F4N3O5. The minimum absolute atomic E-state index is 0.000918. The number of para-hydroxylation sites is 1. The molecule has 0 radical (unpaired) electrons. The number of alkyl halides is 3. The van der Waals surface area contributed by atoms with Gasteiger partial charge in [0.2, 0.25) is 5.82 Å². The van der Waals surface area contributed by atoms with Gasteiger partial charge in [0.1, 0.15) is 18.0 Å². The number of benzene rings is 2. The Morgan fingerprint density at radius 2 is 1.91 bits per heavy atom. The van der Waals surface area contributed by atoms with Crippen LogP contribution in [0.25, 0.3) is 5.69 Å². The second-order valence-electron chi connectivity index (χ2n) is 7.10. The predicted molar refractivity (Wildman–Crippen MR) is 104 cm³/mol. The number of carbonyl (C=O) groups is 1. The molecule has 0 spiro atoms. The molecule has 4 rings (SSSR count). The third-order valence-corrected chi connectivity index (χ3v) is 5.12. The molecule has 0 amide bonds. The van der Waals surface area contributed by atoms with Gasteiger partial charge in [-0.05, 0) is 24.3 Å². The van der Waals surface area contributed by atoms with E-state index in [0.29, 0.717) is 15.9 Å². The van der Waals surface area contributed by atoms with E-state index < -0.39 is 42.4 Å². The number of rotatable bonds is 5. The Balaban J connectivity index is 2.04. The van der Waals surface area contributed by atoms with E-state index in [1.54, 1.807) is 18.2 Å². The van der Waals surface area contributed by atoms with Crippen molar-refractivity contribution >= 4 is 5.97 Å². The third-order valence-electron chi connectivity index (χ3n) is 5.12. The van der Waals surface area contributed by atoms with Gasteiger partial charge < -0.3 is 19.3 Å². The maximum Gasteiger partial charge on any atom is 0.452 e. The zero-order valence-electron chi connectivity index (χ0n) is 17.3. The number of ether oxygens (including phenoxy) is 3. The molecule has 3 aromatic rings. The molecule has 2 heterocycles. The highest BCUT2D eigenvalue weighted by molar-refractivity contribution is 5.68. The molecule has 0 saturated carbocycles. The van der Waals surface area contributed by atoms with Gasteiger partial charge in [-0.2, -0.15) is 13.2 Å². The maximum atomic E-state index is 14.3. The van der Waals surface area contributed by atoms with Crippen LogP contribution in [0.3, 0.4) is 0 Å². The summed E-state index contributed by atoms with van der Waals surface area (Å²) in [4.78, 5) is 11.5. The quantitative estimate of drug-likeness (QED) is 0.565. The molecule has 12 heteroatoms. The first-order valence-corrected chi connectivity index (χ1v) is 9.56. The molecule has 2 aromatic carbocycles. The number of nitrogens with zero attached hydrogens (tertiary/aromatic N) is 3. The number of hydrogen-bond donors (Lipinski definition) is 1. The molecule has 0 aliphatic carbocycles. The number of fused-ring (bicyclic) bond motifs is 3. The van der Waals surface area contributed by atoms with Crippen LogP contribution in [-0.4, -0.2) is 40.1 Å². The van der Waals surface area contributed by atoms with Gasteiger partial charge in [-0.25, -0.2) is 4.39 Å². The number of carboxylic acids is 1. The highest BCUT2D eigenvalue weighted by Crippen LogP contribution is 2.46. The SMILES string of the molecule is COc1cccc([C@H]2O[C@H](CC(=O)O)c3nnc(C(F)(F)F)n3-c3ccc(F)cc32)c1OC. The predicted octanol–water partition coefficient (Wildman–Crippen LogP) is 4.08. The summed E-state index contributed by atoms with van der Waals surface area (Å²) < 4.78 is 73.0. The maximum absolute atomic E-state index is 14.3. The number of halogens is 4. The molecule has 2 atom stereocenters. The Labute approximate surface area is 184 Å². The third kappa shape index (κ3) is 3.97. The van der Waals surface area contributed by atoms with E-state index in [1.807, 2.05) is 0 Å². The normalized spacial score (nSPS) is 17.6. The van der Waals surface area contributed by atoms with E-state index >= 15 is 0 Å². The fraction of sp³-hybridized carbons (Fsp3) is 0.286. The molecule has 1 N–H and O–H groups in total. The molecule has 0 unspecified atom stereocenters. The Morgan fingerprint density at radius 3 is 2.55 bits per heavy atom. The number of aliphatic carboxylic acids is 1. The van der Waals surface area contributed by atoms with Crippen molar-refractivity contribution in [3.05, 3.63) is 65.0 Å². The molecule has 1 aromatic heterocycles. The molecule has 33 heavy (non-hydrogen) atoms. The van der Waals surface area contributed by atoms with E-state index in [9.17, 15) is 27.5 Å². The van der Waals surface area contributed by atoms with Gasteiger partial charge in [0.05, 0.1) is 26.3 Å². The lowest BCUT2D eigenvalue weighted by Crippen LogP contribution is -2.17. The highest BCUT2D eigenvalue weighted by Gasteiger charge is 2.43. The minimum atomic E-state index is -4.92. The number of carboxylic acid groups (broad SMARTS) is 1. The summed E-state index contributed by atoms with van der Waals surface area (Å²) in [6.07, 6.45) is -8.29. The largest absolute Gasteiger partial charge is 0.493 e. The zero-order valence-corrected chi connectivity index (χ0v) is 17.3. The van der Waals surface area contributed by atoms with Crippen molar-refractivity contribution in [3.8, 4) is 17.2 Å². The van der Waals surface area contributed by atoms with Crippen LogP contribution in [0.4, 0.5) is 17.6 Å². The van der Waals surface area contributed by atoms with Gasteiger partial charge in [0.25, 0.3) is 0 Å². The molecular weight excluding hydrogens is 450 g/mol. The van der Waals surface area contributed by atoms with Crippen LogP contribution in [0.2, 0.25) is 0 Å². The van der Waals surface area contributed by atoms with Crippen LogP contribution < -0.4 is 9.47 Å². The Kier molecular flexibility index (Phi) is 5.70. The lowest BCUT2D eigenvalue weighted by atomic mass is 9.98. The van der Waals surface area contributed by atoms with E-state index in [0.717, 1.165) is 18.2 Å². The van der Waals surface area contributed by atoms with Gasteiger partial charge in [-0.3, -0.25) is 9.36 Å². The standard InChI is InChI=1S/C21H17F4N3O5/c1-31-14-5-3-4-11(18(14)32-2)17-12-8-10(22)6-7-13(12)28-19(15(33-17)9-16(29)30)26-27-20(28)21(23,24)25/h3-8,15,17H,9H2,1-2H3,(H,29,30)/t15-,17-/m1/s1. The van der Waals surface area contributed by atoms with Crippen molar-refractivity contribution in [3.63, 3.8) is 0 Å². The molecule has 1 aliphatic rings. The number of aromatic nitrogens is 3. The van der Waals surface area contributed by atoms with Crippen molar-refractivity contribution in [1.82, 2.24) is 14.8 Å². The van der Waals surface area contributed by atoms with Crippen LogP contribution in [0.1, 0.15) is 41.4 Å². The number of hydrogen-bond acceptors (Lipinski definition) is 6. The first-order valence-electron chi connectivity index (χ1n) is 9.56. The molecule has 0 fully saturated rings. The number of methoxy groups -OCH3 is 2. The minimum Gasteiger partial charge on any atom is -0.493 e. The average molecular weight is 467 g/mol. The first kappa shape index (κ1) is 22.5. The van der Waals surface area contributed by atoms with E-state index in [4.69, 9.17) is 14.2 Å². The Morgan fingerprint density at radius 1 is 1.15 bits per heavy atom. The summed E-state index contributed by atoms with van der Waals surface area (Å²) in [5.41, 5.74) is 0.193. The fourth-order valence-electron chi connectivity index (χ4n) is 3.82. The highest BCUT2D eigenvalue weighted by atomic mass is 19.4. The molecule has 8 nitrogen and oxygen atoms in total. The summed E-state index contributed by atoms with van der Waals surface area (Å²) in [7, 11) is 2.75. The molecule has 0 saturated heterocycles. The molecule has 1 aliphatic heterocycles. The van der Waals surface area contributed by atoms with Crippen molar-refractivity contribution in [2.75, 3.05) is 14.2 Å². The van der Waals surface area contributed by atoms with Crippen LogP contribution in [0.15, 0.2) is 36.4 Å². The summed E-state index contributed by atoms with van der Waals surface area (Å²) in [6, 6.07) is 7.90. The zero-order chi connectivity index (χ0) is 23.9. The van der Waals surface area contributed by atoms with E-state index in [1.165, 1.54) is 14.2 Å². The topological polar surface area (TPSA) is 95.7 Å². The molecule has 0 bridgehead atoms. The fourth-order valence-corrected chi connectivity index (χ4v) is 3.82.